The molecule has 0 radical (unpaired) electrons. The van der Waals surface area contributed by atoms with Crippen LogP contribution in [-0.4, -0.2) is 22.2 Å². The van der Waals surface area contributed by atoms with Gasteiger partial charge in [-0.05, 0) is 32.6 Å². The van der Waals surface area contributed by atoms with Gasteiger partial charge in [-0.1, -0.05) is 49.3 Å². The number of hydrogen-bond donors (Lipinski definition) is 0. The van der Waals surface area contributed by atoms with Crippen LogP contribution >= 0.6 is 21.6 Å². The van der Waals surface area contributed by atoms with E-state index in [-0.39, 0.29) is 5.60 Å². The van der Waals surface area contributed by atoms with Gasteiger partial charge in [0.1, 0.15) is 0 Å². The summed E-state index contributed by atoms with van der Waals surface area (Å²) in [6.07, 6.45) is 0.398. The predicted octanol–water partition coefficient (Wildman–Crippen LogP) is 4.61. The predicted molar refractivity (Wildman–Crippen MR) is 77.1 cm³/mol. The molecule has 2 atom stereocenters. The van der Waals surface area contributed by atoms with Crippen molar-refractivity contribution in [1.82, 2.24) is 0 Å². The average molecular weight is 262 g/mol. The van der Waals surface area contributed by atoms with Gasteiger partial charge in [0, 0.05) is 10.5 Å². The average Bonchev–Trinajstić information content (AvgIpc) is 2.44. The molecule has 0 aromatic carbocycles. The molecule has 0 aromatic heterocycles. The summed E-state index contributed by atoms with van der Waals surface area (Å²) in [7, 11) is 4.05. The first kappa shape index (κ1) is 14.7. The molecule has 96 valence electrons. The molecule has 1 saturated heterocycles. The lowest BCUT2D eigenvalue weighted by Crippen LogP contribution is -2.41. The molecule has 1 rings (SSSR count). The molecule has 0 spiro atoms. The van der Waals surface area contributed by atoms with E-state index in [1.807, 2.05) is 21.6 Å². The summed E-state index contributed by atoms with van der Waals surface area (Å²) in [6.45, 7) is 15.7. The highest BCUT2D eigenvalue weighted by Gasteiger charge is 2.43. The fourth-order valence-electron chi connectivity index (χ4n) is 1.95. The van der Waals surface area contributed by atoms with Crippen LogP contribution in [0.3, 0.4) is 0 Å². The molecule has 1 aliphatic rings. The maximum atomic E-state index is 6.30. The van der Waals surface area contributed by atoms with Gasteiger partial charge in [0.15, 0.2) is 0 Å². The van der Waals surface area contributed by atoms with Crippen LogP contribution in [0.1, 0.15) is 48.5 Å². The number of ether oxygens (including phenoxy) is 1. The Morgan fingerprint density at radius 1 is 0.875 bits per heavy atom. The van der Waals surface area contributed by atoms with Crippen LogP contribution in [0, 0.1) is 11.8 Å². The highest BCUT2D eigenvalue weighted by molar-refractivity contribution is 8.77. The maximum Gasteiger partial charge on any atom is 0.0840 e. The third-order valence-electron chi connectivity index (χ3n) is 2.73. The Balaban J connectivity index is 2.76. The molecule has 0 aliphatic carbocycles. The van der Waals surface area contributed by atoms with Gasteiger partial charge in [-0.2, -0.15) is 0 Å². The van der Waals surface area contributed by atoms with Gasteiger partial charge in [-0.15, -0.1) is 0 Å². The summed E-state index contributed by atoms with van der Waals surface area (Å²) in [5.41, 5.74) is -0.0313. The number of rotatable bonds is 3. The molecule has 1 heterocycles. The van der Waals surface area contributed by atoms with Crippen molar-refractivity contribution in [1.29, 1.82) is 0 Å². The molecule has 2 unspecified atom stereocenters. The van der Waals surface area contributed by atoms with Gasteiger partial charge in [-0.25, -0.2) is 0 Å². The van der Waals surface area contributed by atoms with Gasteiger partial charge in [-0.3, -0.25) is 0 Å². The molecular formula is C13H26OS2. The minimum absolute atomic E-state index is 0.0313. The van der Waals surface area contributed by atoms with E-state index in [9.17, 15) is 0 Å². The summed E-state index contributed by atoms with van der Waals surface area (Å²) >= 11 is 0. The Kier molecular flexibility index (Phi) is 5.09. The summed E-state index contributed by atoms with van der Waals surface area (Å²) < 4.78 is 6.30. The van der Waals surface area contributed by atoms with E-state index in [0.717, 1.165) is 0 Å². The first-order chi connectivity index (χ1) is 7.22. The van der Waals surface area contributed by atoms with E-state index < -0.39 is 0 Å². The van der Waals surface area contributed by atoms with Gasteiger partial charge < -0.3 is 4.74 Å². The van der Waals surface area contributed by atoms with Crippen LogP contribution in [-0.2, 0) is 4.74 Å². The Morgan fingerprint density at radius 3 is 1.50 bits per heavy atom. The van der Waals surface area contributed by atoms with E-state index >= 15 is 0 Å². The third kappa shape index (κ3) is 3.85. The monoisotopic (exact) mass is 262 g/mol. The van der Waals surface area contributed by atoms with Crippen molar-refractivity contribution in [3.05, 3.63) is 0 Å². The van der Waals surface area contributed by atoms with Crippen LogP contribution < -0.4 is 0 Å². The summed E-state index contributed by atoms with van der Waals surface area (Å²) in [4.78, 5) is 0. The van der Waals surface area contributed by atoms with Crippen LogP contribution in [0.25, 0.3) is 0 Å². The zero-order chi connectivity index (χ0) is 12.5. The Bertz CT molecular complexity index is 204. The smallest absolute Gasteiger partial charge is 0.0840 e. The van der Waals surface area contributed by atoms with Crippen molar-refractivity contribution < 1.29 is 4.74 Å². The van der Waals surface area contributed by atoms with Crippen molar-refractivity contribution in [2.24, 2.45) is 11.8 Å². The van der Waals surface area contributed by atoms with Crippen molar-refractivity contribution in [3.63, 3.8) is 0 Å². The van der Waals surface area contributed by atoms with E-state index in [4.69, 9.17) is 4.74 Å². The van der Waals surface area contributed by atoms with Crippen LogP contribution in [0.15, 0.2) is 0 Å². The highest BCUT2D eigenvalue weighted by atomic mass is 33.1. The van der Waals surface area contributed by atoms with Crippen LogP contribution in [0.4, 0.5) is 0 Å². The zero-order valence-electron chi connectivity index (χ0n) is 11.6. The molecule has 1 nitrogen and oxygen atoms in total. The molecule has 0 saturated carbocycles. The molecule has 1 aliphatic heterocycles. The molecule has 0 N–H and O–H groups in total. The lowest BCUT2D eigenvalue weighted by atomic mass is 9.95. The maximum absolute atomic E-state index is 6.30. The Morgan fingerprint density at radius 2 is 1.25 bits per heavy atom. The molecule has 16 heavy (non-hydrogen) atoms. The Hall–Kier alpha value is 0.660. The van der Waals surface area contributed by atoms with E-state index in [1.165, 1.54) is 0 Å². The first-order valence-electron chi connectivity index (χ1n) is 6.22. The van der Waals surface area contributed by atoms with E-state index in [0.29, 0.717) is 28.4 Å². The molecule has 0 aromatic rings. The van der Waals surface area contributed by atoms with Gasteiger partial charge in [0.2, 0.25) is 0 Å². The molecule has 0 amide bonds. The summed E-state index contributed by atoms with van der Waals surface area (Å²) in [5, 5.41) is 1.27. The Labute approximate surface area is 109 Å². The fourth-order valence-corrected chi connectivity index (χ4v) is 6.18. The molecule has 3 heteroatoms. The standard InChI is InChI=1S/C13H26OS2/c1-8(2)11-10(14-13(5,6)7)12(9(3)4)16-15-11/h8-12H,1-7H3. The lowest BCUT2D eigenvalue weighted by Gasteiger charge is -2.33. The third-order valence-corrected chi connectivity index (χ3v) is 6.58. The summed E-state index contributed by atoms with van der Waals surface area (Å²) in [6, 6.07) is 0. The summed E-state index contributed by atoms with van der Waals surface area (Å²) in [5.74, 6) is 1.38. The second-order valence-electron chi connectivity index (χ2n) is 6.30. The van der Waals surface area contributed by atoms with E-state index in [1.54, 1.807) is 0 Å². The number of hydrogen-bond acceptors (Lipinski definition) is 3. The van der Waals surface area contributed by atoms with Crippen molar-refractivity contribution >= 4 is 21.6 Å². The molecule has 0 bridgehead atoms. The van der Waals surface area contributed by atoms with Crippen molar-refractivity contribution in [2.75, 3.05) is 0 Å². The van der Waals surface area contributed by atoms with Crippen LogP contribution in [0.5, 0.6) is 0 Å². The van der Waals surface area contributed by atoms with Gasteiger partial charge in [0.25, 0.3) is 0 Å². The highest BCUT2D eigenvalue weighted by Crippen LogP contribution is 2.51. The quantitative estimate of drug-likeness (QED) is 0.687. The van der Waals surface area contributed by atoms with Gasteiger partial charge >= 0.3 is 0 Å². The second-order valence-corrected chi connectivity index (χ2v) is 8.93. The van der Waals surface area contributed by atoms with Crippen molar-refractivity contribution in [2.45, 2.75) is 70.7 Å². The van der Waals surface area contributed by atoms with E-state index in [2.05, 4.69) is 48.5 Å². The minimum Gasteiger partial charge on any atom is -0.370 e. The minimum atomic E-state index is -0.0313. The molecular weight excluding hydrogens is 236 g/mol. The van der Waals surface area contributed by atoms with Gasteiger partial charge in [0.05, 0.1) is 11.7 Å². The second kappa shape index (κ2) is 5.53. The molecule has 1 fully saturated rings. The van der Waals surface area contributed by atoms with Crippen molar-refractivity contribution in [3.8, 4) is 0 Å². The lowest BCUT2D eigenvalue weighted by molar-refractivity contribution is -0.0670. The fraction of sp³-hybridized carbons (Fsp3) is 1.00. The van der Waals surface area contributed by atoms with Crippen LogP contribution in [0.2, 0.25) is 0 Å². The first-order valence-corrected chi connectivity index (χ1v) is 8.50. The largest absolute Gasteiger partial charge is 0.370 e. The zero-order valence-corrected chi connectivity index (χ0v) is 13.2. The topological polar surface area (TPSA) is 9.23 Å². The SMILES string of the molecule is CC(C)C1SSC(C(C)C)C1OC(C)(C)C. The normalized spacial score (nSPS) is 31.7.